The number of nitro groups is 2. The Morgan fingerprint density at radius 3 is 1.05 bits per heavy atom. The first-order valence-corrected chi connectivity index (χ1v) is 3.78. The van der Waals surface area contributed by atoms with Crippen LogP contribution >= 0.6 is 0 Å². The molecule has 0 bridgehead atoms. The summed E-state index contributed by atoms with van der Waals surface area (Å²) >= 11 is 0. The van der Waals surface area contributed by atoms with Gasteiger partial charge in [0, 0.05) is 0 Å². The molecule has 0 aromatic heterocycles. The third-order valence-corrected chi connectivity index (χ3v) is 0.675. The summed E-state index contributed by atoms with van der Waals surface area (Å²) in [5.74, 6) is 8.38. The quantitative estimate of drug-likeness (QED) is 0.0629. The van der Waals surface area contributed by atoms with Crippen LogP contribution < -0.4 is 34.0 Å². The Bertz CT molecular complexity index is 347. The Kier molecular flexibility index (Phi) is 21.9. The van der Waals surface area contributed by atoms with Gasteiger partial charge in [0.1, 0.15) is 10.2 Å². The van der Waals surface area contributed by atoms with E-state index in [0.717, 1.165) is 0 Å². The molecular weight excluding hydrogens is 398 g/mol. The zero-order valence-corrected chi connectivity index (χ0v) is 11.2. The molecule has 0 spiro atoms. The molecule has 0 aliphatic carbocycles. The molecule has 0 aromatic carbocycles. The molecule has 0 unspecified atom stereocenters. The van der Waals surface area contributed by atoms with Gasteiger partial charge in [-0.2, -0.15) is 0 Å². The van der Waals surface area contributed by atoms with Gasteiger partial charge in [-0.15, -0.1) is 0 Å². The largest absolute Gasteiger partial charge is 1.00 e. The summed E-state index contributed by atoms with van der Waals surface area (Å²) in [4.78, 5) is 27.1. The molecular formula is C2H10AgN11O7. The number of nitrogens with zero attached hydrogens (tertiary/aromatic N) is 5. The molecule has 0 atom stereocenters. The Balaban J connectivity index is -0.000000107. The molecule has 0 aliphatic rings. The SMILES string of the molecule is NN/C(N)=N/[N+](=O)[O-].NN/C(N)=N/[N+](=O)[O-].O=[N+]([O-])[O-].[Ag+]. The smallest absolute Gasteiger partial charge is 0.364 e. The van der Waals surface area contributed by atoms with Gasteiger partial charge in [-0.25, -0.2) is 31.9 Å². The van der Waals surface area contributed by atoms with E-state index in [4.69, 9.17) is 26.8 Å². The minimum absolute atomic E-state index is 0. The van der Waals surface area contributed by atoms with Crippen molar-refractivity contribution in [3.63, 3.8) is 0 Å². The third kappa shape index (κ3) is 47.0. The molecule has 0 aliphatic heterocycles. The van der Waals surface area contributed by atoms with Crippen LogP contribution in [-0.2, 0) is 22.4 Å². The Hall–Kier alpha value is -2.80. The van der Waals surface area contributed by atoms with Crippen molar-refractivity contribution < 1.29 is 37.5 Å². The van der Waals surface area contributed by atoms with Crippen LogP contribution in [0.1, 0.15) is 0 Å². The number of hydrazone groups is 2. The monoisotopic (exact) mass is 407 g/mol. The van der Waals surface area contributed by atoms with Crippen molar-refractivity contribution in [2.75, 3.05) is 0 Å². The second-order valence-corrected chi connectivity index (χ2v) is 1.96. The fraction of sp³-hybridized carbons (Fsp3) is 0. The molecule has 21 heavy (non-hydrogen) atoms. The van der Waals surface area contributed by atoms with Crippen LogP contribution in [0.3, 0.4) is 0 Å². The molecule has 126 valence electrons. The number of rotatable bonds is 2. The maximum atomic E-state index is 9.41. The van der Waals surface area contributed by atoms with Crippen LogP contribution in [0.25, 0.3) is 0 Å². The van der Waals surface area contributed by atoms with Gasteiger partial charge < -0.3 is 26.8 Å². The zero-order valence-electron chi connectivity index (χ0n) is 9.70. The van der Waals surface area contributed by atoms with Gasteiger partial charge in [0.05, 0.1) is 5.09 Å². The fourth-order valence-corrected chi connectivity index (χ4v) is 0.234. The molecule has 10 N–H and O–H groups in total. The number of hydrogen-bond donors (Lipinski definition) is 6. The van der Waals surface area contributed by atoms with Crippen molar-refractivity contribution in [3.8, 4) is 0 Å². The average Bonchev–Trinajstić information content (AvgIpc) is 2.27. The summed E-state index contributed by atoms with van der Waals surface area (Å²) in [7, 11) is 0. The van der Waals surface area contributed by atoms with Crippen LogP contribution in [0.5, 0.6) is 0 Å². The average molecular weight is 408 g/mol. The normalized spacial score (nSPS) is 9.43. The fourth-order valence-electron chi connectivity index (χ4n) is 0.234. The summed E-state index contributed by atoms with van der Waals surface area (Å²) in [6.45, 7) is 0. The standard InChI is InChI=1S/2CH5N5O2.Ag.NO3/c2*2-1(4-3)5-6(7)8;;2-1(3)4/h2*3H2,(H3,2,4,5);;/q;;+1;-1. The van der Waals surface area contributed by atoms with Gasteiger partial charge in [-0.3, -0.25) is 10.9 Å². The number of hydrogen-bond acceptors (Lipinski definition) is 9. The molecule has 0 amide bonds. The van der Waals surface area contributed by atoms with Crippen LogP contribution in [-0.4, -0.2) is 27.1 Å². The van der Waals surface area contributed by atoms with E-state index in [2.05, 4.69) is 21.9 Å². The number of nitrogens with two attached hydrogens (primary N) is 4. The summed E-state index contributed by atoms with van der Waals surface area (Å²) in [5, 5.41) is 36.8. The van der Waals surface area contributed by atoms with Gasteiger partial charge in [0.25, 0.3) is 11.9 Å². The molecule has 0 saturated heterocycles. The van der Waals surface area contributed by atoms with E-state index in [0.29, 0.717) is 0 Å². The van der Waals surface area contributed by atoms with Crippen LogP contribution in [0, 0.1) is 35.6 Å². The van der Waals surface area contributed by atoms with Crippen LogP contribution in [0.2, 0.25) is 0 Å². The number of nitrogens with one attached hydrogen (secondary N) is 2. The molecule has 0 rings (SSSR count). The molecule has 0 fully saturated rings. The first kappa shape index (κ1) is 26.7. The van der Waals surface area contributed by atoms with E-state index in [1.165, 1.54) is 0 Å². The summed E-state index contributed by atoms with van der Waals surface area (Å²) in [6.07, 6.45) is 0. The van der Waals surface area contributed by atoms with E-state index in [1.54, 1.807) is 10.9 Å². The van der Waals surface area contributed by atoms with Crippen molar-refractivity contribution in [2.24, 2.45) is 33.4 Å². The summed E-state index contributed by atoms with van der Waals surface area (Å²) < 4.78 is 0. The zero-order chi connectivity index (χ0) is 16.7. The van der Waals surface area contributed by atoms with Gasteiger partial charge in [-0.1, -0.05) is 0 Å². The molecule has 18 nitrogen and oxygen atoms in total. The Morgan fingerprint density at radius 1 is 0.810 bits per heavy atom. The van der Waals surface area contributed by atoms with E-state index in [-0.39, 0.29) is 22.4 Å². The minimum Gasteiger partial charge on any atom is -0.364 e. The molecule has 0 saturated carbocycles. The number of guanidine groups is 2. The predicted octanol–water partition coefficient (Wildman–Crippen LogP) is -4.33. The van der Waals surface area contributed by atoms with Crippen LogP contribution in [0.15, 0.2) is 10.2 Å². The maximum Gasteiger partial charge on any atom is 1.00 e. The second-order valence-electron chi connectivity index (χ2n) is 1.96. The van der Waals surface area contributed by atoms with E-state index in [1.807, 2.05) is 0 Å². The number of hydrazine groups is 2. The van der Waals surface area contributed by atoms with Gasteiger partial charge in [0.15, 0.2) is 10.1 Å². The first-order valence-electron chi connectivity index (χ1n) is 3.78. The molecule has 0 aromatic rings. The van der Waals surface area contributed by atoms with Crippen LogP contribution in [0.4, 0.5) is 0 Å². The van der Waals surface area contributed by atoms with Crippen molar-refractivity contribution in [1.82, 2.24) is 10.9 Å². The maximum absolute atomic E-state index is 9.41. The van der Waals surface area contributed by atoms with E-state index in [9.17, 15) is 20.2 Å². The molecule has 0 radical (unpaired) electrons. The van der Waals surface area contributed by atoms with Crippen molar-refractivity contribution in [2.45, 2.75) is 0 Å². The van der Waals surface area contributed by atoms with E-state index < -0.39 is 27.1 Å². The third-order valence-electron chi connectivity index (χ3n) is 0.675. The van der Waals surface area contributed by atoms with Crippen molar-refractivity contribution in [1.29, 1.82) is 0 Å². The molecule has 19 heteroatoms. The summed E-state index contributed by atoms with van der Waals surface area (Å²) in [5.41, 5.74) is 13.1. The Labute approximate surface area is 130 Å². The van der Waals surface area contributed by atoms with Crippen molar-refractivity contribution >= 4 is 11.9 Å². The molecule has 0 heterocycles. The Morgan fingerprint density at radius 2 is 1.00 bits per heavy atom. The first-order chi connectivity index (χ1) is 9.06. The van der Waals surface area contributed by atoms with E-state index >= 15 is 0 Å². The second kappa shape index (κ2) is 17.2. The van der Waals surface area contributed by atoms with Gasteiger partial charge >= 0.3 is 22.4 Å². The van der Waals surface area contributed by atoms with Gasteiger partial charge in [-0.05, 0) is 0 Å². The topological polar surface area (TPSA) is 305 Å². The van der Waals surface area contributed by atoms with Gasteiger partial charge in [0.2, 0.25) is 0 Å². The summed E-state index contributed by atoms with van der Waals surface area (Å²) in [6, 6.07) is 0. The predicted molar refractivity (Wildman–Crippen MR) is 62.2 cm³/mol. The minimum atomic E-state index is -1.75. The van der Waals surface area contributed by atoms with Crippen molar-refractivity contribution in [3.05, 3.63) is 35.6 Å².